The molecule has 1 heterocycles. The molecule has 0 aliphatic rings. The van der Waals surface area contributed by atoms with Gasteiger partial charge in [0.1, 0.15) is 0 Å². The maximum absolute atomic E-state index is 12.2. The summed E-state index contributed by atoms with van der Waals surface area (Å²) in [5.74, 6) is 0.344. The number of hydrogen-bond acceptors (Lipinski definition) is 5. The zero-order valence-corrected chi connectivity index (χ0v) is 18.7. The first-order chi connectivity index (χ1) is 15.1. The number of carbonyl (C=O) groups is 2. The Morgan fingerprint density at radius 1 is 1.06 bits per heavy atom. The first-order valence-electron chi connectivity index (χ1n) is 10.0. The molecular formula is C22H24ClN5O2S. The van der Waals surface area contributed by atoms with E-state index in [0.717, 1.165) is 24.0 Å². The van der Waals surface area contributed by atoms with E-state index in [-0.39, 0.29) is 11.7 Å². The van der Waals surface area contributed by atoms with Crippen LogP contribution < -0.4 is 10.6 Å². The standard InChI is InChI=1S/C22H24ClN5O2S/c1-2-3-13-24-21(30)25-19(29)15-31-22-27-26-20(17-9-11-18(23)12-10-17)28(22)14-16-7-5-4-6-8-16/h4-12H,2-3,13-15H2,1H3,(H2,24,25,29,30). The molecule has 31 heavy (non-hydrogen) atoms. The van der Waals surface area contributed by atoms with Crippen LogP contribution in [0.25, 0.3) is 11.4 Å². The van der Waals surface area contributed by atoms with Crippen LogP contribution in [0.1, 0.15) is 25.3 Å². The van der Waals surface area contributed by atoms with Crippen LogP contribution in [0.5, 0.6) is 0 Å². The predicted molar refractivity (Wildman–Crippen MR) is 123 cm³/mol. The number of amides is 3. The van der Waals surface area contributed by atoms with E-state index in [9.17, 15) is 9.59 Å². The van der Waals surface area contributed by atoms with Gasteiger partial charge in [0.15, 0.2) is 11.0 Å². The molecule has 0 atom stereocenters. The average molecular weight is 458 g/mol. The monoisotopic (exact) mass is 457 g/mol. The van der Waals surface area contributed by atoms with Crippen molar-refractivity contribution < 1.29 is 9.59 Å². The third-order valence-electron chi connectivity index (χ3n) is 4.40. The minimum atomic E-state index is -0.480. The van der Waals surface area contributed by atoms with Gasteiger partial charge in [0.05, 0.1) is 12.3 Å². The number of imide groups is 1. The number of thioether (sulfide) groups is 1. The lowest BCUT2D eigenvalue weighted by molar-refractivity contribution is -0.117. The summed E-state index contributed by atoms with van der Waals surface area (Å²) in [5, 5.41) is 14.9. The van der Waals surface area contributed by atoms with Crippen LogP contribution in [0.4, 0.5) is 4.79 Å². The van der Waals surface area contributed by atoms with Gasteiger partial charge in [-0.3, -0.25) is 14.7 Å². The van der Waals surface area contributed by atoms with Crippen LogP contribution in [0.3, 0.4) is 0 Å². The molecule has 3 rings (SSSR count). The summed E-state index contributed by atoms with van der Waals surface area (Å²) in [6.45, 7) is 3.12. The van der Waals surface area contributed by atoms with E-state index in [1.165, 1.54) is 11.8 Å². The van der Waals surface area contributed by atoms with E-state index in [1.54, 1.807) is 12.1 Å². The molecule has 0 aliphatic carbocycles. The number of nitrogens with zero attached hydrogens (tertiary/aromatic N) is 3. The zero-order chi connectivity index (χ0) is 22.1. The molecule has 0 saturated heterocycles. The molecule has 9 heteroatoms. The Labute approximate surface area is 190 Å². The van der Waals surface area contributed by atoms with Crippen LogP contribution in [-0.4, -0.2) is 39.0 Å². The van der Waals surface area contributed by atoms with E-state index >= 15 is 0 Å². The molecule has 2 N–H and O–H groups in total. The molecule has 7 nitrogen and oxygen atoms in total. The van der Waals surface area contributed by atoms with Gasteiger partial charge in [0.2, 0.25) is 5.91 Å². The van der Waals surface area contributed by atoms with Crippen molar-refractivity contribution in [3.63, 3.8) is 0 Å². The van der Waals surface area contributed by atoms with Gasteiger partial charge in [0.25, 0.3) is 0 Å². The number of hydrogen-bond donors (Lipinski definition) is 2. The fourth-order valence-electron chi connectivity index (χ4n) is 2.83. The molecule has 1 aromatic heterocycles. The molecule has 0 fully saturated rings. The van der Waals surface area contributed by atoms with Crippen LogP contribution in [-0.2, 0) is 11.3 Å². The predicted octanol–water partition coefficient (Wildman–Crippen LogP) is 4.36. The highest BCUT2D eigenvalue weighted by molar-refractivity contribution is 7.99. The summed E-state index contributed by atoms with van der Waals surface area (Å²) in [6, 6.07) is 16.8. The topological polar surface area (TPSA) is 88.9 Å². The molecule has 0 aliphatic heterocycles. The van der Waals surface area contributed by atoms with Crippen molar-refractivity contribution in [2.75, 3.05) is 12.3 Å². The second-order valence-corrected chi connectivity index (χ2v) is 8.21. The maximum Gasteiger partial charge on any atom is 0.321 e. The highest BCUT2D eigenvalue weighted by Crippen LogP contribution is 2.26. The number of rotatable bonds is 9. The van der Waals surface area contributed by atoms with Crippen molar-refractivity contribution in [2.24, 2.45) is 0 Å². The second-order valence-electron chi connectivity index (χ2n) is 6.83. The second kappa shape index (κ2) is 11.5. The third-order valence-corrected chi connectivity index (χ3v) is 5.62. The summed E-state index contributed by atoms with van der Waals surface area (Å²) < 4.78 is 1.96. The van der Waals surface area contributed by atoms with Crippen molar-refractivity contribution in [1.82, 2.24) is 25.4 Å². The summed E-state index contributed by atoms with van der Waals surface area (Å²) in [7, 11) is 0. The van der Waals surface area contributed by atoms with Crippen LogP contribution in [0.2, 0.25) is 5.02 Å². The van der Waals surface area contributed by atoms with E-state index in [4.69, 9.17) is 11.6 Å². The quantitative estimate of drug-likeness (QED) is 0.368. The van der Waals surface area contributed by atoms with Gasteiger partial charge < -0.3 is 5.32 Å². The fourth-order valence-corrected chi connectivity index (χ4v) is 3.70. The molecule has 162 valence electrons. The molecule has 0 saturated carbocycles. The lowest BCUT2D eigenvalue weighted by Gasteiger charge is -2.11. The molecule has 3 aromatic rings. The number of nitrogens with one attached hydrogen (secondary N) is 2. The molecule has 3 amide bonds. The Bertz CT molecular complexity index is 1010. The summed E-state index contributed by atoms with van der Waals surface area (Å²) in [6.07, 6.45) is 1.84. The average Bonchev–Trinajstić information content (AvgIpc) is 3.16. The van der Waals surface area contributed by atoms with Crippen molar-refractivity contribution in [3.05, 3.63) is 65.2 Å². The Balaban J connectivity index is 1.73. The molecule has 0 spiro atoms. The maximum atomic E-state index is 12.2. The lowest BCUT2D eigenvalue weighted by atomic mass is 10.2. The van der Waals surface area contributed by atoms with E-state index in [2.05, 4.69) is 20.8 Å². The summed E-state index contributed by atoms with van der Waals surface area (Å²) in [4.78, 5) is 23.9. The van der Waals surface area contributed by atoms with Crippen molar-refractivity contribution in [3.8, 4) is 11.4 Å². The Morgan fingerprint density at radius 2 is 1.81 bits per heavy atom. The molecule has 0 radical (unpaired) electrons. The molecule has 0 bridgehead atoms. The largest absolute Gasteiger partial charge is 0.338 e. The van der Waals surface area contributed by atoms with Crippen molar-refractivity contribution in [2.45, 2.75) is 31.5 Å². The normalized spacial score (nSPS) is 10.6. The smallest absolute Gasteiger partial charge is 0.321 e. The van der Waals surface area contributed by atoms with Gasteiger partial charge in [-0.15, -0.1) is 10.2 Å². The number of benzene rings is 2. The highest BCUT2D eigenvalue weighted by Gasteiger charge is 2.17. The minimum absolute atomic E-state index is 0.0503. The SMILES string of the molecule is CCCCNC(=O)NC(=O)CSc1nnc(-c2ccc(Cl)cc2)n1Cc1ccccc1. The molecule has 2 aromatic carbocycles. The fraction of sp³-hybridized carbons (Fsp3) is 0.273. The lowest BCUT2D eigenvalue weighted by Crippen LogP contribution is -2.40. The molecule has 0 unspecified atom stereocenters. The van der Waals surface area contributed by atoms with Crippen LogP contribution >= 0.6 is 23.4 Å². The third kappa shape index (κ3) is 6.83. The van der Waals surface area contributed by atoms with Gasteiger partial charge in [0, 0.05) is 17.1 Å². The minimum Gasteiger partial charge on any atom is -0.338 e. The summed E-state index contributed by atoms with van der Waals surface area (Å²) >= 11 is 7.25. The van der Waals surface area contributed by atoms with Crippen molar-refractivity contribution >= 4 is 35.3 Å². The van der Waals surface area contributed by atoms with Gasteiger partial charge in [-0.1, -0.05) is 67.0 Å². The Morgan fingerprint density at radius 3 is 2.52 bits per heavy atom. The van der Waals surface area contributed by atoms with E-state index < -0.39 is 6.03 Å². The highest BCUT2D eigenvalue weighted by atomic mass is 35.5. The summed E-state index contributed by atoms with van der Waals surface area (Å²) in [5.41, 5.74) is 1.96. The number of aromatic nitrogens is 3. The van der Waals surface area contributed by atoms with Gasteiger partial charge in [-0.25, -0.2) is 4.79 Å². The first-order valence-corrected chi connectivity index (χ1v) is 11.4. The Kier molecular flexibility index (Phi) is 8.49. The van der Waals surface area contributed by atoms with E-state index in [0.29, 0.717) is 29.1 Å². The zero-order valence-electron chi connectivity index (χ0n) is 17.2. The van der Waals surface area contributed by atoms with Gasteiger partial charge in [-0.05, 0) is 36.2 Å². The van der Waals surface area contributed by atoms with Crippen LogP contribution in [0, 0.1) is 0 Å². The Hall–Kier alpha value is -2.84. The number of unbranched alkanes of at least 4 members (excludes halogenated alkanes) is 1. The number of carbonyl (C=O) groups excluding carboxylic acids is 2. The van der Waals surface area contributed by atoms with Gasteiger partial charge >= 0.3 is 6.03 Å². The van der Waals surface area contributed by atoms with E-state index in [1.807, 2.05) is 54.0 Å². The first kappa shape index (κ1) is 22.8. The van der Waals surface area contributed by atoms with Crippen molar-refractivity contribution in [1.29, 1.82) is 0 Å². The number of urea groups is 1. The number of halogens is 1. The van der Waals surface area contributed by atoms with Crippen LogP contribution in [0.15, 0.2) is 59.8 Å². The molecular weight excluding hydrogens is 434 g/mol. The van der Waals surface area contributed by atoms with Gasteiger partial charge in [-0.2, -0.15) is 0 Å².